The van der Waals surface area contributed by atoms with E-state index in [1.165, 1.54) is 0 Å². The lowest BCUT2D eigenvalue weighted by molar-refractivity contribution is 0.620. The van der Waals surface area contributed by atoms with Gasteiger partial charge >= 0.3 is 0 Å². The first-order valence-electron chi connectivity index (χ1n) is 21.8. The summed E-state index contributed by atoms with van der Waals surface area (Å²) in [5, 5.41) is 1.89. The summed E-state index contributed by atoms with van der Waals surface area (Å²) in [4.78, 5) is 21.4. The number of hydrogen-bond acceptors (Lipinski definition) is 6. The van der Waals surface area contributed by atoms with Gasteiger partial charge in [0.25, 0.3) is 0 Å². The van der Waals surface area contributed by atoms with Gasteiger partial charge in [-0.3, -0.25) is 0 Å². The van der Waals surface area contributed by atoms with Gasteiger partial charge in [0.15, 0.2) is 23.1 Å². The number of fused-ring (bicyclic) bond motifs is 7. The Balaban J connectivity index is 1.05. The quantitative estimate of drug-likeness (QED) is 0.159. The maximum atomic E-state index is 6.62. The van der Waals surface area contributed by atoms with E-state index < -0.39 is 5.41 Å². The van der Waals surface area contributed by atoms with Crippen molar-refractivity contribution in [3.63, 3.8) is 0 Å². The largest absolute Gasteiger partial charge is 0.456 e. The number of benzene rings is 9. The second kappa shape index (κ2) is 14.7. The molecule has 0 N–H and O–H groups in total. The Kier molecular flexibility index (Phi) is 8.33. The van der Waals surface area contributed by atoms with Gasteiger partial charge in [-0.1, -0.05) is 170 Å². The van der Waals surface area contributed by atoms with Crippen LogP contribution in [0.1, 0.15) is 22.5 Å². The third-order valence-electron chi connectivity index (χ3n) is 12.8. The molecule has 12 aromatic rings. The van der Waals surface area contributed by atoms with E-state index in [4.69, 9.17) is 28.8 Å². The van der Waals surface area contributed by atoms with Crippen LogP contribution < -0.4 is 0 Å². The highest BCUT2D eigenvalue weighted by molar-refractivity contribution is 6.13. The molecule has 0 fully saturated rings. The predicted octanol–water partition coefficient (Wildman–Crippen LogP) is 14.6. The first kappa shape index (κ1) is 36.9. The van der Waals surface area contributed by atoms with Gasteiger partial charge in [0.1, 0.15) is 22.1 Å². The normalized spacial score (nSPS) is 12.7. The van der Waals surface area contributed by atoms with E-state index in [0.717, 1.165) is 99.8 Å². The van der Waals surface area contributed by atoms with Crippen molar-refractivity contribution in [1.82, 2.24) is 19.9 Å². The Bertz CT molecular complexity index is 3740. The van der Waals surface area contributed by atoms with E-state index in [1.807, 2.05) is 60.7 Å². The molecule has 65 heavy (non-hydrogen) atoms. The van der Waals surface area contributed by atoms with E-state index in [2.05, 4.69) is 158 Å². The van der Waals surface area contributed by atoms with Crippen molar-refractivity contribution in [3.8, 4) is 67.6 Å². The fraction of sp³-hybridized carbons (Fsp3) is 0.0169. The van der Waals surface area contributed by atoms with Crippen LogP contribution in [0, 0.1) is 0 Å². The van der Waals surface area contributed by atoms with Gasteiger partial charge < -0.3 is 8.83 Å². The van der Waals surface area contributed by atoms with Crippen LogP contribution in [0.3, 0.4) is 0 Å². The van der Waals surface area contributed by atoms with Crippen molar-refractivity contribution >= 4 is 33.0 Å². The molecule has 6 heteroatoms. The third-order valence-corrected chi connectivity index (χ3v) is 12.8. The van der Waals surface area contributed by atoms with Crippen molar-refractivity contribution in [3.05, 3.63) is 241 Å². The molecular formula is C59H36N4O2. The fourth-order valence-corrected chi connectivity index (χ4v) is 9.87. The molecule has 1 aliphatic carbocycles. The molecule has 6 nitrogen and oxygen atoms in total. The van der Waals surface area contributed by atoms with Crippen LogP contribution in [-0.4, -0.2) is 19.9 Å². The second-order valence-electron chi connectivity index (χ2n) is 16.5. The van der Waals surface area contributed by atoms with Crippen LogP contribution >= 0.6 is 0 Å². The van der Waals surface area contributed by atoms with Crippen LogP contribution in [0.4, 0.5) is 0 Å². The minimum absolute atomic E-state index is 0.558. The van der Waals surface area contributed by atoms with E-state index in [-0.39, 0.29) is 0 Å². The fourth-order valence-electron chi connectivity index (χ4n) is 9.87. The van der Waals surface area contributed by atoms with Gasteiger partial charge in [0.2, 0.25) is 5.89 Å². The minimum atomic E-state index is -0.850. The maximum absolute atomic E-state index is 6.62. The Morgan fingerprint density at radius 3 is 1.69 bits per heavy atom. The number of aromatic nitrogens is 4. The molecule has 0 bridgehead atoms. The van der Waals surface area contributed by atoms with Gasteiger partial charge in [0, 0.05) is 27.5 Å². The van der Waals surface area contributed by atoms with Gasteiger partial charge in [-0.05, 0) is 98.6 Å². The molecule has 0 aliphatic heterocycles. The highest BCUT2D eigenvalue weighted by Crippen LogP contribution is 2.55. The number of furan rings is 1. The standard InChI is InChI=1S/C59H36N4O2/c1-4-16-37(17-5-1)39-20-14-21-42(34-39)55-61-56(63-58(62-55)59(43-22-8-3-9-23-43)48-27-12-10-24-44(48)45-25-11-13-28-49(45)59)46-26-15-29-52-54(46)47-35-40(31-33-51(47)64-52)41-30-32-50-53(36-41)65-57(60-50)38-18-6-2-7-19-38/h1-36H. The second-order valence-corrected chi connectivity index (χ2v) is 16.5. The molecule has 0 unspecified atom stereocenters. The summed E-state index contributed by atoms with van der Waals surface area (Å²) in [6, 6.07) is 75.6. The highest BCUT2D eigenvalue weighted by Gasteiger charge is 2.48. The van der Waals surface area contributed by atoms with E-state index in [1.54, 1.807) is 0 Å². The number of hydrogen-bond donors (Lipinski definition) is 0. The molecule has 0 atom stereocenters. The van der Waals surface area contributed by atoms with Crippen molar-refractivity contribution in [1.29, 1.82) is 0 Å². The Labute approximate surface area is 374 Å². The first-order chi connectivity index (χ1) is 32.2. The van der Waals surface area contributed by atoms with Crippen LogP contribution in [0.25, 0.3) is 101 Å². The summed E-state index contributed by atoms with van der Waals surface area (Å²) < 4.78 is 12.9. The van der Waals surface area contributed by atoms with Crippen LogP contribution in [-0.2, 0) is 5.41 Å². The Hall–Kier alpha value is -8.74. The Morgan fingerprint density at radius 2 is 0.923 bits per heavy atom. The molecule has 3 aromatic heterocycles. The summed E-state index contributed by atoms with van der Waals surface area (Å²) in [6.45, 7) is 0. The highest BCUT2D eigenvalue weighted by atomic mass is 16.3. The summed E-state index contributed by atoms with van der Waals surface area (Å²) in [5.74, 6) is 2.38. The molecule has 13 rings (SSSR count). The molecule has 3 heterocycles. The first-order valence-corrected chi connectivity index (χ1v) is 21.8. The lowest BCUT2D eigenvalue weighted by atomic mass is 9.71. The van der Waals surface area contributed by atoms with Gasteiger partial charge in [-0.25, -0.2) is 19.9 Å². The predicted molar refractivity (Wildman–Crippen MR) is 259 cm³/mol. The maximum Gasteiger partial charge on any atom is 0.227 e. The lowest BCUT2D eigenvalue weighted by Gasteiger charge is -2.32. The number of oxazole rings is 1. The number of rotatable bonds is 7. The molecule has 304 valence electrons. The molecule has 0 radical (unpaired) electrons. The third kappa shape index (κ3) is 5.88. The smallest absolute Gasteiger partial charge is 0.227 e. The molecule has 0 saturated heterocycles. The van der Waals surface area contributed by atoms with Gasteiger partial charge in [0.05, 0.1) is 0 Å². The van der Waals surface area contributed by atoms with Crippen LogP contribution in [0.15, 0.2) is 227 Å². The molecule has 9 aromatic carbocycles. The summed E-state index contributed by atoms with van der Waals surface area (Å²) in [5.41, 5.74) is 14.8. The van der Waals surface area contributed by atoms with Crippen LogP contribution in [0.5, 0.6) is 0 Å². The van der Waals surface area contributed by atoms with Gasteiger partial charge in [-0.2, -0.15) is 0 Å². The molecule has 1 aliphatic rings. The van der Waals surface area contributed by atoms with E-state index in [0.29, 0.717) is 23.4 Å². The summed E-state index contributed by atoms with van der Waals surface area (Å²) >= 11 is 0. The van der Waals surface area contributed by atoms with Crippen molar-refractivity contribution in [2.75, 3.05) is 0 Å². The zero-order valence-corrected chi connectivity index (χ0v) is 34.9. The summed E-state index contributed by atoms with van der Waals surface area (Å²) in [6.07, 6.45) is 0. The summed E-state index contributed by atoms with van der Waals surface area (Å²) in [7, 11) is 0. The van der Waals surface area contributed by atoms with Gasteiger partial charge in [-0.15, -0.1) is 0 Å². The monoisotopic (exact) mass is 832 g/mol. The van der Waals surface area contributed by atoms with Crippen LogP contribution in [0.2, 0.25) is 0 Å². The SMILES string of the molecule is c1ccc(-c2cccc(-c3nc(-c4cccc5oc6ccc(-c7ccc8nc(-c9ccccc9)oc8c7)cc6c45)nc(C4(c5ccccc5)c5ccccc5-c5ccccc54)n3)c2)cc1. The zero-order valence-electron chi connectivity index (χ0n) is 34.9. The molecule has 0 spiro atoms. The minimum Gasteiger partial charge on any atom is -0.456 e. The topological polar surface area (TPSA) is 77.8 Å². The average Bonchev–Trinajstić information content (AvgIpc) is 4.08. The molecular weight excluding hydrogens is 797 g/mol. The zero-order chi connectivity index (χ0) is 42.9. The van der Waals surface area contributed by atoms with E-state index >= 15 is 0 Å². The Morgan fingerprint density at radius 1 is 0.338 bits per heavy atom. The molecule has 0 amide bonds. The number of nitrogens with zero attached hydrogens (tertiary/aromatic N) is 4. The van der Waals surface area contributed by atoms with E-state index in [9.17, 15) is 0 Å². The van der Waals surface area contributed by atoms with Crippen molar-refractivity contribution in [2.24, 2.45) is 0 Å². The van der Waals surface area contributed by atoms with Crippen molar-refractivity contribution in [2.45, 2.75) is 5.41 Å². The van der Waals surface area contributed by atoms with Crippen molar-refractivity contribution < 1.29 is 8.83 Å². The molecule has 0 saturated carbocycles. The average molecular weight is 833 g/mol. The lowest BCUT2D eigenvalue weighted by Crippen LogP contribution is -2.31.